The first-order valence-electron chi connectivity index (χ1n) is 3.24. The van der Waals surface area contributed by atoms with E-state index >= 15 is 0 Å². The Kier molecular flexibility index (Phi) is 1.89. The summed E-state index contributed by atoms with van der Waals surface area (Å²) in [6, 6.07) is 6.05. The van der Waals surface area contributed by atoms with Gasteiger partial charge in [0.1, 0.15) is 0 Å². The summed E-state index contributed by atoms with van der Waals surface area (Å²) in [5.74, 6) is 0. The molecule has 0 saturated carbocycles. The second kappa shape index (κ2) is 2.70. The average molecular weight is 150 g/mol. The Balaban J connectivity index is 3.32. The predicted octanol–water partition coefficient (Wildman–Crippen LogP) is 2.01. The van der Waals surface area contributed by atoms with Gasteiger partial charge in [-0.3, -0.25) is 10.1 Å². The zero-order chi connectivity index (χ0) is 8.43. The van der Waals surface area contributed by atoms with E-state index in [0.717, 1.165) is 0 Å². The van der Waals surface area contributed by atoms with Crippen LogP contribution >= 0.6 is 0 Å². The third-order valence-corrected chi connectivity index (χ3v) is 1.53. The molecule has 0 aliphatic carbocycles. The van der Waals surface area contributed by atoms with Crippen LogP contribution in [0.2, 0.25) is 0 Å². The lowest BCUT2D eigenvalue weighted by Gasteiger charge is -1.97. The van der Waals surface area contributed by atoms with Crippen molar-refractivity contribution in [3.8, 4) is 0 Å². The van der Waals surface area contributed by atoms with Crippen LogP contribution in [-0.4, -0.2) is 4.92 Å². The lowest BCUT2D eigenvalue weighted by Crippen LogP contribution is -1.93. The molecule has 0 aliphatic heterocycles. The van der Waals surface area contributed by atoms with Crippen LogP contribution in [0, 0.1) is 30.0 Å². The molecule has 3 nitrogen and oxygen atoms in total. The highest BCUT2D eigenvalue weighted by atomic mass is 16.6. The molecule has 1 radical (unpaired) electrons. The standard InChI is InChI=1S/C8H8NO2/c1-6-4-3-5-7(2)8(6)9(10)11/h4-5H,1-2H3. The first kappa shape index (κ1) is 7.72. The van der Waals surface area contributed by atoms with Gasteiger partial charge in [0.2, 0.25) is 0 Å². The lowest BCUT2D eigenvalue weighted by molar-refractivity contribution is -0.386. The van der Waals surface area contributed by atoms with E-state index in [-0.39, 0.29) is 10.6 Å². The van der Waals surface area contributed by atoms with E-state index in [9.17, 15) is 10.1 Å². The van der Waals surface area contributed by atoms with Gasteiger partial charge in [-0.2, -0.15) is 0 Å². The minimum Gasteiger partial charge on any atom is -0.258 e. The Labute approximate surface area is 64.8 Å². The fraction of sp³-hybridized carbons (Fsp3) is 0.250. The fourth-order valence-corrected chi connectivity index (χ4v) is 1.03. The maximum atomic E-state index is 10.4. The Bertz CT molecular complexity index is 274. The van der Waals surface area contributed by atoms with Crippen LogP contribution in [-0.2, 0) is 0 Å². The summed E-state index contributed by atoms with van der Waals surface area (Å²) in [6.45, 7) is 3.42. The van der Waals surface area contributed by atoms with Crippen LogP contribution in [0.3, 0.4) is 0 Å². The van der Waals surface area contributed by atoms with Crippen LogP contribution in [0.5, 0.6) is 0 Å². The molecule has 0 fully saturated rings. The number of benzene rings is 1. The molecule has 1 rings (SSSR count). The van der Waals surface area contributed by atoms with Crippen molar-refractivity contribution < 1.29 is 4.92 Å². The summed E-state index contributed by atoms with van der Waals surface area (Å²) in [5, 5.41) is 10.4. The largest absolute Gasteiger partial charge is 0.275 e. The van der Waals surface area contributed by atoms with E-state index in [4.69, 9.17) is 0 Å². The maximum absolute atomic E-state index is 10.4. The molecule has 0 spiro atoms. The van der Waals surface area contributed by atoms with E-state index in [2.05, 4.69) is 6.07 Å². The molecule has 11 heavy (non-hydrogen) atoms. The summed E-state index contributed by atoms with van der Waals surface area (Å²) >= 11 is 0. The fourth-order valence-electron chi connectivity index (χ4n) is 1.03. The summed E-state index contributed by atoms with van der Waals surface area (Å²) in [4.78, 5) is 10.1. The van der Waals surface area contributed by atoms with Crippen molar-refractivity contribution in [1.82, 2.24) is 0 Å². The first-order chi connectivity index (χ1) is 5.13. The van der Waals surface area contributed by atoms with E-state index in [1.165, 1.54) is 0 Å². The number of rotatable bonds is 1. The van der Waals surface area contributed by atoms with Gasteiger partial charge in [0.25, 0.3) is 5.69 Å². The molecule has 0 bridgehead atoms. The molecule has 1 aromatic rings. The van der Waals surface area contributed by atoms with Gasteiger partial charge in [-0.25, -0.2) is 0 Å². The number of aryl methyl sites for hydroxylation is 2. The van der Waals surface area contributed by atoms with E-state index < -0.39 is 0 Å². The summed E-state index contributed by atoms with van der Waals surface area (Å²) < 4.78 is 0. The van der Waals surface area contributed by atoms with Gasteiger partial charge >= 0.3 is 0 Å². The van der Waals surface area contributed by atoms with E-state index in [0.29, 0.717) is 11.1 Å². The highest BCUT2D eigenvalue weighted by Crippen LogP contribution is 2.20. The Morgan fingerprint density at radius 1 is 1.36 bits per heavy atom. The second-order valence-electron chi connectivity index (χ2n) is 2.43. The molecule has 0 aliphatic rings. The molecule has 0 aromatic heterocycles. The van der Waals surface area contributed by atoms with E-state index in [1.807, 2.05) is 0 Å². The van der Waals surface area contributed by atoms with Crippen molar-refractivity contribution in [2.75, 3.05) is 0 Å². The highest BCUT2D eigenvalue weighted by Gasteiger charge is 2.12. The molecule has 0 amide bonds. The zero-order valence-electron chi connectivity index (χ0n) is 6.42. The monoisotopic (exact) mass is 150 g/mol. The SMILES string of the molecule is Cc1c[c]cc(C)c1[N+](=O)[O-]. The van der Waals surface area contributed by atoms with Crippen molar-refractivity contribution in [3.05, 3.63) is 39.4 Å². The van der Waals surface area contributed by atoms with Crippen LogP contribution in [0.25, 0.3) is 0 Å². The minimum absolute atomic E-state index is 0.198. The molecule has 0 heterocycles. The van der Waals surface area contributed by atoms with Crippen LogP contribution in [0.15, 0.2) is 12.1 Å². The predicted molar refractivity (Wildman–Crippen MR) is 41.4 cm³/mol. The van der Waals surface area contributed by atoms with Crippen molar-refractivity contribution >= 4 is 5.69 Å². The van der Waals surface area contributed by atoms with Crippen molar-refractivity contribution in [3.63, 3.8) is 0 Å². The van der Waals surface area contributed by atoms with Crippen molar-refractivity contribution in [2.24, 2.45) is 0 Å². The molecular weight excluding hydrogens is 142 g/mol. The molecule has 0 N–H and O–H groups in total. The quantitative estimate of drug-likeness (QED) is 0.454. The van der Waals surface area contributed by atoms with Gasteiger partial charge in [-0.05, 0) is 32.0 Å². The Hall–Kier alpha value is -1.38. The van der Waals surface area contributed by atoms with Crippen LogP contribution in [0.1, 0.15) is 11.1 Å². The summed E-state index contributed by atoms with van der Waals surface area (Å²) in [7, 11) is 0. The van der Waals surface area contributed by atoms with Gasteiger partial charge in [0, 0.05) is 11.1 Å². The second-order valence-corrected chi connectivity index (χ2v) is 2.43. The zero-order valence-corrected chi connectivity index (χ0v) is 6.42. The van der Waals surface area contributed by atoms with E-state index in [1.54, 1.807) is 26.0 Å². The highest BCUT2D eigenvalue weighted by molar-refractivity contribution is 5.45. The van der Waals surface area contributed by atoms with Gasteiger partial charge in [-0.1, -0.05) is 0 Å². The Morgan fingerprint density at radius 3 is 2.09 bits per heavy atom. The third-order valence-electron chi connectivity index (χ3n) is 1.53. The third kappa shape index (κ3) is 1.37. The number of nitro groups is 1. The smallest absolute Gasteiger partial charge is 0.258 e. The van der Waals surface area contributed by atoms with Gasteiger partial charge < -0.3 is 0 Å². The number of nitro benzene ring substituents is 1. The van der Waals surface area contributed by atoms with Gasteiger partial charge in [0.15, 0.2) is 0 Å². The van der Waals surface area contributed by atoms with Gasteiger partial charge in [-0.15, -0.1) is 0 Å². The maximum Gasteiger partial charge on any atom is 0.275 e. The summed E-state index contributed by atoms with van der Waals surface area (Å²) in [6.07, 6.45) is 0. The molecular formula is C8H8NO2. The van der Waals surface area contributed by atoms with Crippen molar-refractivity contribution in [1.29, 1.82) is 0 Å². The Morgan fingerprint density at radius 2 is 1.82 bits per heavy atom. The lowest BCUT2D eigenvalue weighted by atomic mass is 10.1. The van der Waals surface area contributed by atoms with Crippen molar-refractivity contribution in [2.45, 2.75) is 13.8 Å². The normalized spacial score (nSPS) is 9.64. The number of hydrogen-bond donors (Lipinski definition) is 0. The molecule has 3 heteroatoms. The van der Waals surface area contributed by atoms with Crippen LogP contribution in [0.4, 0.5) is 5.69 Å². The summed E-state index contributed by atoms with van der Waals surface area (Å²) in [5.41, 5.74) is 1.52. The van der Waals surface area contributed by atoms with Gasteiger partial charge in [0.05, 0.1) is 4.92 Å². The molecule has 0 atom stereocenters. The topological polar surface area (TPSA) is 43.1 Å². The number of hydrogen-bond acceptors (Lipinski definition) is 2. The molecule has 1 aromatic carbocycles. The first-order valence-corrected chi connectivity index (χ1v) is 3.24. The molecule has 0 saturated heterocycles. The molecule has 0 unspecified atom stereocenters. The van der Waals surface area contributed by atoms with Crippen LogP contribution < -0.4 is 0 Å². The molecule has 57 valence electrons. The minimum atomic E-state index is -0.363. The number of nitrogens with zero attached hydrogens (tertiary/aromatic N) is 1. The average Bonchev–Trinajstić information content (AvgIpc) is 1.85.